The predicted octanol–water partition coefficient (Wildman–Crippen LogP) is 2.45. The number of fused-ring (bicyclic) bond motifs is 2. The molecule has 2 saturated heterocycles. The third-order valence-corrected chi connectivity index (χ3v) is 8.96. The number of nitrogens with one attached hydrogen (secondary N) is 1. The highest BCUT2D eigenvalue weighted by atomic mass is 16.5. The average molecular weight is 441 g/mol. The molecular weight excluding hydrogens is 404 g/mol. The van der Waals surface area contributed by atoms with Crippen LogP contribution in [0.5, 0.6) is 0 Å². The Morgan fingerprint density at radius 3 is 2.41 bits per heavy atom. The van der Waals surface area contributed by atoms with Crippen molar-refractivity contribution < 1.29 is 9.53 Å². The Morgan fingerprint density at radius 2 is 1.69 bits per heavy atom. The van der Waals surface area contributed by atoms with E-state index in [1.165, 1.54) is 25.7 Å². The Balaban J connectivity index is 1.10. The van der Waals surface area contributed by atoms with Crippen molar-refractivity contribution in [2.75, 3.05) is 32.8 Å². The molecule has 1 N–H and O–H groups in total. The van der Waals surface area contributed by atoms with E-state index in [4.69, 9.17) is 9.72 Å². The quantitative estimate of drug-likeness (QED) is 0.781. The number of nitrogens with zero attached hydrogens (tertiary/aromatic N) is 3. The Labute approximate surface area is 189 Å². The number of carbonyl (C=O) groups excluding carboxylic acids is 1. The van der Waals surface area contributed by atoms with Gasteiger partial charge in [-0.25, -0.2) is 4.98 Å². The van der Waals surface area contributed by atoms with Crippen molar-refractivity contribution >= 4 is 5.91 Å². The fraction of sp³-hybridized carbons (Fsp3) is 0.800. The highest BCUT2D eigenvalue weighted by molar-refractivity contribution is 5.82. The third-order valence-electron chi connectivity index (χ3n) is 8.96. The third kappa shape index (κ3) is 3.81. The van der Waals surface area contributed by atoms with E-state index in [1.54, 1.807) is 0 Å². The zero-order valence-corrected chi connectivity index (χ0v) is 19.1. The maximum atomic E-state index is 13.1. The first kappa shape index (κ1) is 20.8. The summed E-state index contributed by atoms with van der Waals surface area (Å²) in [6.45, 7) is 5.05. The minimum absolute atomic E-state index is 0.0254. The summed E-state index contributed by atoms with van der Waals surface area (Å²) in [7, 11) is 0. The topological polar surface area (TPSA) is 78.5 Å². The van der Waals surface area contributed by atoms with Crippen molar-refractivity contribution in [3.05, 3.63) is 27.4 Å². The first-order valence-electron chi connectivity index (χ1n) is 12.9. The highest BCUT2D eigenvalue weighted by Crippen LogP contribution is 2.56. The molecule has 2 saturated carbocycles. The Kier molecular flexibility index (Phi) is 5.58. The number of amides is 1. The van der Waals surface area contributed by atoms with Gasteiger partial charge in [-0.05, 0) is 63.5 Å². The van der Waals surface area contributed by atoms with Crippen LogP contribution >= 0.6 is 0 Å². The van der Waals surface area contributed by atoms with Crippen molar-refractivity contribution in [1.82, 2.24) is 19.8 Å². The molecule has 4 heterocycles. The summed E-state index contributed by atoms with van der Waals surface area (Å²) < 4.78 is 5.51. The minimum Gasteiger partial charge on any atom is -0.381 e. The largest absolute Gasteiger partial charge is 0.381 e. The summed E-state index contributed by atoms with van der Waals surface area (Å²) in [5.41, 5.74) is 1.62. The second-order valence-corrected chi connectivity index (χ2v) is 10.7. The van der Waals surface area contributed by atoms with Crippen molar-refractivity contribution in [3.8, 4) is 0 Å². The van der Waals surface area contributed by atoms with E-state index in [2.05, 4.69) is 9.88 Å². The molecule has 4 fully saturated rings. The van der Waals surface area contributed by atoms with Crippen molar-refractivity contribution in [3.63, 3.8) is 0 Å². The van der Waals surface area contributed by atoms with Crippen molar-refractivity contribution in [2.45, 2.75) is 76.3 Å². The monoisotopic (exact) mass is 440 g/mol. The molecule has 1 aromatic heterocycles. The fourth-order valence-corrected chi connectivity index (χ4v) is 6.98. The molecular formula is C25H36N4O3. The van der Waals surface area contributed by atoms with Crippen molar-refractivity contribution in [2.24, 2.45) is 17.8 Å². The van der Waals surface area contributed by atoms with E-state index in [0.29, 0.717) is 43.3 Å². The lowest BCUT2D eigenvalue weighted by atomic mass is 9.93. The first-order chi connectivity index (χ1) is 15.7. The SMILES string of the molecule is O=C(C1C2CCCCC21)N1CCc2nc(C3CCN(C4CCOCC4)CC3)[nH]c(=O)c2C1. The van der Waals surface area contributed by atoms with Crippen LogP contribution in [-0.4, -0.2) is 64.6 Å². The Morgan fingerprint density at radius 1 is 0.969 bits per heavy atom. The van der Waals surface area contributed by atoms with E-state index in [0.717, 1.165) is 69.1 Å². The second-order valence-electron chi connectivity index (χ2n) is 10.7. The number of rotatable bonds is 3. The normalized spacial score (nSPS) is 31.8. The van der Waals surface area contributed by atoms with E-state index in [1.807, 2.05) is 4.90 Å². The van der Waals surface area contributed by atoms with E-state index in [9.17, 15) is 9.59 Å². The minimum atomic E-state index is -0.0254. The molecule has 0 aromatic carbocycles. The van der Waals surface area contributed by atoms with Gasteiger partial charge in [-0.15, -0.1) is 0 Å². The number of hydrogen-bond acceptors (Lipinski definition) is 5. The van der Waals surface area contributed by atoms with Crippen LogP contribution in [-0.2, 0) is 22.5 Å². The molecule has 7 nitrogen and oxygen atoms in total. The summed E-state index contributed by atoms with van der Waals surface area (Å²) in [5.74, 6) is 2.95. The fourth-order valence-electron chi connectivity index (χ4n) is 6.98. The van der Waals surface area contributed by atoms with Gasteiger partial charge in [0.1, 0.15) is 5.82 Å². The van der Waals surface area contributed by atoms with E-state index >= 15 is 0 Å². The smallest absolute Gasteiger partial charge is 0.256 e. The number of H-pyrrole nitrogens is 1. The molecule has 5 aliphatic rings. The molecule has 0 radical (unpaired) electrons. The van der Waals surface area contributed by atoms with Gasteiger partial charge in [0.25, 0.3) is 5.56 Å². The standard InChI is InChI=1S/C25H36N4O3/c30-24-20-15-29(25(31)22-18-3-1-2-4-19(18)22)12-7-21(20)26-23(27-24)16-5-10-28(11-6-16)17-8-13-32-14-9-17/h16-19,22H,1-15H2,(H,26,27,30). The number of aromatic nitrogens is 2. The molecule has 6 rings (SSSR count). The van der Waals surface area contributed by atoms with E-state index in [-0.39, 0.29) is 17.4 Å². The van der Waals surface area contributed by atoms with Gasteiger partial charge in [-0.1, -0.05) is 12.8 Å². The average Bonchev–Trinajstić information content (AvgIpc) is 3.58. The maximum Gasteiger partial charge on any atom is 0.256 e. The Bertz CT molecular complexity index is 904. The number of piperidine rings is 1. The van der Waals surface area contributed by atoms with Crippen LogP contribution in [0.4, 0.5) is 0 Å². The zero-order valence-electron chi connectivity index (χ0n) is 19.1. The maximum absolute atomic E-state index is 13.1. The summed E-state index contributed by atoms with van der Waals surface area (Å²) in [5, 5.41) is 0. The summed E-state index contributed by atoms with van der Waals surface area (Å²) in [6, 6.07) is 0.652. The number of aromatic amines is 1. The molecule has 0 bridgehead atoms. The number of carbonyl (C=O) groups is 1. The lowest BCUT2D eigenvalue weighted by Crippen LogP contribution is -2.44. The number of ether oxygens (including phenoxy) is 1. The van der Waals surface area contributed by atoms with Gasteiger partial charge < -0.3 is 19.5 Å². The molecule has 2 unspecified atom stereocenters. The highest BCUT2D eigenvalue weighted by Gasteiger charge is 2.56. The van der Waals surface area contributed by atoms with Crippen LogP contribution in [0, 0.1) is 17.8 Å². The van der Waals surface area contributed by atoms with Gasteiger partial charge in [-0.2, -0.15) is 0 Å². The number of likely N-dealkylation sites (tertiary alicyclic amines) is 1. The molecule has 174 valence electrons. The molecule has 1 amide bonds. The predicted molar refractivity (Wildman–Crippen MR) is 120 cm³/mol. The van der Waals surface area contributed by atoms with Crippen LogP contribution < -0.4 is 5.56 Å². The lowest BCUT2D eigenvalue weighted by Gasteiger charge is -2.39. The lowest BCUT2D eigenvalue weighted by molar-refractivity contribution is -0.134. The first-order valence-corrected chi connectivity index (χ1v) is 12.9. The van der Waals surface area contributed by atoms with E-state index < -0.39 is 0 Å². The van der Waals surface area contributed by atoms with Gasteiger partial charge in [0.15, 0.2) is 0 Å². The number of hydrogen-bond donors (Lipinski definition) is 1. The van der Waals surface area contributed by atoms with Gasteiger partial charge in [0.2, 0.25) is 5.91 Å². The van der Waals surface area contributed by atoms with Crippen molar-refractivity contribution in [1.29, 1.82) is 0 Å². The summed E-state index contributed by atoms with van der Waals surface area (Å²) >= 11 is 0. The Hall–Kier alpha value is -1.73. The second kappa shape index (κ2) is 8.56. The zero-order chi connectivity index (χ0) is 21.7. The summed E-state index contributed by atoms with van der Waals surface area (Å²) in [4.78, 5) is 38.7. The summed E-state index contributed by atoms with van der Waals surface area (Å²) in [6.07, 6.45) is 10.0. The van der Waals surface area contributed by atoms with Gasteiger partial charge in [0, 0.05) is 44.1 Å². The van der Waals surface area contributed by atoms with Crippen LogP contribution in [0.2, 0.25) is 0 Å². The van der Waals surface area contributed by atoms with Crippen LogP contribution in [0.25, 0.3) is 0 Å². The van der Waals surface area contributed by atoms with Crippen LogP contribution in [0.3, 0.4) is 0 Å². The van der Waals surface area contributed by atoms with Crippen LogP contribution in [0.1, 0.15) is 74.4 Å². The van der Waals surface area contributed by atoms with Gasteiger partial charge >= 0.3 is 0 Å². The van der Waals surface area contributed by atoms with Gasteiger partial charge in [0.05, 0.1) is 17.8 Å². The molecule has 32 heavy (non-hydrogen) atoms. The molecule has 3 aliphatic heterocycles. The molecule has 1 aromatic rings. The molecule has 2 atom stereocenters. The van der Waals surface area contributed by atoms with Gasteiger partial charge in [-0.3, -0.25) is 9.59 Å². The molecule has 7 heteroatoms. The van der Waals surface area contributed by atoms with Crippen LogP contribution in [0.15, 0.2) is 4.79 Å². The molecule has 0 spiro atoms. The molecule has 2 aliphatic carbocycles.